The molecule has 1 saturated heterocycles. The smallest absolute Gasteiger partial charge is 0.224 e. The molecule has 0 saturated carbocycles. The molecule has 70 valence electrons. The summed E-state index contributed by atoms with van der Waals surface area (Å²) in [5.74, 6) is -5.08. The lowest BCUT2D eigenvalue weighted by molar-refractivity contribution is -0.120. The first-order valence-corrected chi connectivity index (χ1v) is 4.21. The van der Waals surface area contributed by atoms with Gasteiger partial charge in [-0.25, -0.2) is 0 Å². The van der Waals surface area contributed by atoms with Crippen molar-refractivity contribution in [2.45, 2.75) is 19.1 Å². The van der Waals surface area contributed by atoms with Crippen molar-refractivity contribution in [1.82, 2.24) is 5.31 Å². The summed E-state index contributed by atoms with van der Waals surface area (Å²) in [7, 11) is 0. The van der Waals surface area contributed by atoms with E-state index in [2.05, 4.69) is 15.9 Å². The minimum absolute atomic E-state index is 0.397. The molecule has 1 unspecified atom stereocenters. The number of nitrogens with one attached hydrogen (secondary N) is 1. The summed E-state index contributed by atoms with van der Waals surface area (Å²) in [5.41, 5.74) is -0.996. The first-order chi connectivity index (χ1) is 10.5. The Bertz CT molecular complexity index is 684. The quantitative estimate of drug-likeness (QED) is 0.704. The third kappa shape index (κ3) is 1.85. The second-order valence-electron chi connectivity index (χ2n) is 2.29. The zero-order valence-electron chi connectivity index (χ0n) is 17.3. The molecule has 0 radical (unpaired) electrons. The SMILES string of the molecule is [2H]C1=CC(Br)=C2C([2H])([2H])C(=O)N([2H])C([2H])([2H])C([2H])([2H])C2([2H])C1([2H])[2H]. The van der Waals surface area contributed by atoms with Crippen molar-refractivity contribution in [2.75, 3.05) is 6.50 Å². The van der Waals surface area contributed by atoms with Crippen LogP contribution in [0.25, 0.3) is 0 Å². The summed E-state index contributed by atoms with van der Waals surface area (Å²) in [6.45, 7) is -3.53. The van der Waals surface area contributed by atoms with E-state index in [-0.39, 0.29) is 0 Å². The molecule has 0 aromatic heterocycles. The van der Waals surface area contributed by atoms with E-state index in [1.54, 1.807) is 0 Å². The Morgan fingerprint density at radius 2 is 2.77 bits per heavy atom. The molecule has 1 atom stereocenters. The van der Waals surface area contributed by atoms with Crippen LogP contribution in [0.3, 0.4) is 0 Å². The number of carbonyl (C=O) groups is 1. The third-order valence-electron chi connectivity index (χ3n) is 1.46. The van der Waals surface area contributed by atoms with Crippen LogP contribution in [0, 0.1) is 5.89 Å². The van der Waals surface area contributed by atoms with Gasteiger partial charge in [0.15, 0.2) is 1.41 Å². The van der Waals surface area contributed by atoms with Crippen LogP contribution < -0.4 is 5.31 Å². The van der Waals surface area contributed by atoms with Gasteiger partial charge in [0.2, 0.25) is 5.91 Å². The number of carbonyl (C=O) groups excluding carboxylic acids is 1. The molecule has 1 heterocycles. The molecule has 1 fully saturated rings. The van der Waals surface area contributed by atoms with E-state index in [0.717, 1.165) is 6.08 Å². The number of hydrogen-bond donors (Lipinski definition) is 1. The van der Waals surface area contributed by atoms with Crippen molar-refractivity contribution in [1.29, 1.82) is 0 Å². The van der Waals surface area contributed by atoms with Crippen LogP contribution in [0.15, 0.2) is 22.2 Å². The van der Waals surface area contributed by atoms with Crippen LogP contribution in [0.5, 0.6) is 0 Å². The van der Waals surface area contributed by atoms with Crippen molar-refractivity contribution >= 4 is 21.8 Å². The zero-order chi connectivity index (χ0) is 19.1. The molecule has 0 spiro atoms. The molecule has 2 nitrogen and oxygen atoms in total. The van der Waals surface area contributed by atoms with E-state index >= 15 is 0 Å². The highest BCUT2D eigenvalue weighted by atomic mass is 79.9. The van der Waals surface area contributed by atoms with Gasteiger partial charge in [-0.2, -0.15) is 0 Å². The molecule has 2 rings (SSSR count). The predicted octanol–water partition coefficient (Wildman–Crippen LogP) is 2.12. The van der Waals surface area contributed by atoms with Crippen molar-refractivity contribution in [3.05, 3.63) is 22.2 Å². The van der Waals surface area contributed by atoms with Crippen LogP contribution in [0.4, 0.5) is 0 Å². The molecule has 1 amide bonds. The topological polar surface area (TPSA) is 29.1 Å². The van der Waals surface area contributed by atoms with Crippen molar-refractivity contribution < 1.29 is 19.9 Å². The van der Waals surface area contributed by atoms with E-state index in [1.165, 1.54) is 0 Å². The van der Waals surface area contributed by atoms with Gasteiger partial charge in [0.25, 0.3) is 0 Å². The van der Waals surface area contributed by atoms with Crippen LogP contribution in [0.2, 0.25) is 1.41 Å². The summed E-state index contributed by atoms with van der Waals surface area (Å²) < 4.78 is 86.8. The molecule has 1 aliphatic carbocycles. The Balaban J connectivity index is 3.06. The number of hydrogen-bond acceptors (Lipinski definition) is 1. The van der Waals surface area contributed by atoms with Gasteiger partial charge in [0.05, 0.1) is 1.37 Å². The largest absolute Gasteiger partial charge is 0.356 e. The Labute approximate surface area is 102 Å². The summed E-state index contributed by atoms with van der Waals surface area (Å²) in [4.78, 5) is 12.2. The maximum atomic E-state index is 12.2. The highest BCUT2D eigenvalue weighted by molar-refractivity contribution is 9.11. The maximum absolute atomic E-state index is 12.2. The van der Waals surface area contributed by atoms with Gasteiger partial charge in [-0.1, -0.05) is 28.1 Å². The third-order valence-corrected chi connectivity index (χ3v) is 2.08. The van der Waals surface area contributed by atoms with Crippen LogP contribution in [0.1, 0.15) is 32.8 Å². The highest BCUT2D eigenvalue weighted by Crippen LogP contribution is 2.34. The standard InChI is InChI=1S/C10H12BrNO/c11-9-3-1-2-7-4-5-12-10(13)6-8(7)9/h1,3,7H,2,4-6H2,(H,12,13)/i1D,2D2,4D2,5D2,6D2,7D/hD. The number of halogens is 1. The van der Waals surface area contributed by atoms with Crippen LogP contribution in [-0.4, -0.2) is 12.4 Å². The Hall–Kier alpha value is -0.570. The fourth-order valence-corrected chi connectivity index (χ4v) is 1.32. The normalized spacial score (nSPS) is 63.2. The number of fused-ring (bicyclic) bond motifs is 1. The Morgan fingerprint density at radius 3 is 3.62 bits per heavy atom. The fourth-order valence-electron chi connectivity index (χ4n) is 0.911. The Morgan fingerprint density at radius 1 is 1.92 bits per heavy atom. The lowest BCUT2D eigenvalue weighted by Gasteiger charge is -2.19. The number of amides is 1. The zero-order valence-corrected chi connectivity index (χ0v) is 7.90. The van der Waals surface area contributed by atoms with Gasteiger partial charge < -0.3 is 5.31 Å². The summed E-state index contributed by atoms with van der Waals surface area (Å²) in [5, 5.41) is -0.533. The molecular formula is C10H12BrNO. The molecule has 13 heavy (non-hydrogen) atoms. The van der Waals surface area contributed by atoms with Gasteiger partial charge in [0, 0.05) is 29.7 Å². The maximum Gasteiger partial charge on any atom is 0.224 e. The summed E-state index contributed by atoms with van der Waals surface area (Å²) in [6.07, 6.45) is -9.14. The first kappa shape index (κ1) is 2.72. The molecule has 2 aliphatic rings. The first-order valence-electron chi connectivity index (χ1n) is 8.86. The van der Waals surface area contributed by atoms with E-state index < -0.39 is 58.8 Å². The van der Waals surface area contributed by atoms with Crippen molar-refractivity contribution in [3.63, 3.8) is 0 Å². The van der Waals surface area contributed by atoms with Gasteiger partial charge >= 0.3 is 0 Å². The monoisotopic (exact) mass is 252 g/mol. The molecule has 0 aromatic rings. The molecular weight excluding hydrogens is 230 g/mol. The highest BCUT2D eigenvalue weighted by Gasteiger charge is 2.23. The van der Waals surface area contributed by atoms with Crippen molar-refractivity contribution in [2.24, 2.45) is 5.89 Å². The predicted molar refractivity (Wildman–Crippen MR) is 55.4 cm³/mol. The molecule has 3 heteroatoms. The Kier molecular flexibility index (Phi) is 0.766. The minimum Gasteiger partial charge on any atom is -0.356 e. The molecule has 1 N–H and O–H groups in total. The van der Waals surface area contributed by atoms with Gasteiger partial charge in [-0.3, -0.25) is 4.79 Å². The van der Waals surface area contributed by atoms with E-state index in [0.29, 0.717) is 0 Å². The molecule has 1 aliphatic heterocycles. The molecule has 0 bridgehead atoms. The summed E-state index contributed by atoms with van der Waals surface area (Å²) in [6, 6.07) is -0.880. The average molecular weight is 253 g/mol. The average Bonchev–Trinajstić information content (AvgIpc) is 2.44. The number of allylic oxidation sites excluding steroid dienone is 3. The summed E-state index contributed by atoms with van der Waals surface area (Å²) >= 11 is 2.84. The van der Waals surface area contributed by atoms with E-state index in [1.807, 2.05) is 0 Å². The minimum atomic E-state index is -3.56. The van der Waals surface area contributed by atoms with Gasteiger partial charge in [0.1, 0.15) is 0 Å². The van der Waals surface area contributed by atoms with Gasteiger partial charge in [-0.15, -0.1) is 0 Å². The molecule has 0 aromatic carbocycles. The van der Waals surface area contributed by atoms with Crippen LogP contribution in [-0.2, 0) is 4.79 Å². The lowest BCUT2D eigenvalue weighted by atomic mass is 9.88. The number of rotatable bonds is 0. The van der Waals surface area contributed by atoms with Crippen molar-refractivity contribution in [3.8, 4) is 0 Å². The second-order valence-corrected chi connectivity index (χ2v) is 3.14. The fraction of sp³-hybridized carbons (Fsp3) is 0.500. The lowest BCUT2D eigenvalue weighted by Crippen LogP contribution is -2.21. The van der Waals surface area contributed by atoms with Gasteiger partial charge in [-0.05, 0) is 24.2 Å². The van der Waals surface area contributed by atoms with Crippen LogP contribution >= 0.6 is 15.9 Å². The van der Waals surface area contributed by atoms with E-state index in [9.17, 15) is 4.79 Å². The second kappa shape index (κ2) is 3.66. The van der Waals surface area contributed by atoms with E-state index in [4.69, 9.17) is 15.1 Å².